The highest BCUT2D eigenvalue weighted by molar-refractivity contribution is 7.89. The molecule has 166 valence electrons. The fourth-order valence-electron chi connectivity index (χ4n) is 3.56. The lowest BCUT2D eigenvalue weighted by molar-refractivity contribution is -0.126. The Morgan fingerprint density at radius 2 is 1.68 bits per heavy atom. The van der Waals surface area contributed by atoms with Crippen molar-refractivity contribution in [1.29, 1.82) is 0 Å². The van der Waals surface area contributed by atoms with E-state index in [9.17, 15) is 18.0 Å². The number of amides is 3. The molecule has 0 bridgehead atoms. The van der Waals surface area contributed by atoms with Gasteiger partial charge in [-0.25, -0.2) is 13.2 Å². The first-order chi connectivity index (χ1) is 14.7. The van der Waals surface area contributed by atoms with Crippen molar-refractivity contribution in [3.8, 4) is 0 Å². The SMILES string of the molecule is Cc1ccc(S(=O)(=O)N2CCC(C(=O)NCc3ccc(NC(N)=O)cc3)CC2)cc1C. The maximum absolute atomic E-state index is 12.9. The second-order valence-corrected chi connectivity index (χ2v) is 9.77. The van der Waals surface area contributed by atoms with Crippen LogP contribution in [0, 0.1) is 19.8 Å². The predicted molar refractivity (Wildman–Crippen MR) is 119 cm³/mol. The molecule has 8 nitrogen and oxygen atoms in total. The van der Waals surface area contributed by atoms with Crippen LogP contribution in [0.1, 0.15) is 29.5 Å². The number of carbonyl (C=O) groups is 2. The predicted octanol–water partition coefficient (Wildman–Crippen LogP) is 2.51. The Labute approximate surface area is 182 Å². The van der Waals surface area contributed by atoms with Crippen LogP contribution in [0.5, 0.6) is 0 Å². The Hall–Kier alpha value is -2.91. The van der Waals surface area contributed by atoms with Gasteiger partial charge in [-0.3, -0.25) is 4.79 Å². The van der Waals surface area contributed by atoms with E-state index < -0.39 is 16.1 Å². The zero-order chi connectivity index (χ0) is 22.6. The normalized spacial score (nSPS) is 15.4. The lowest BCUT2D eigenvalue weighted by Gasteiger charge is -2.30. The largest absolute Gasteiger partial charge is 0.352 e. The molecular formula is C22H28N4O4S. The summed E-state index contributed by atoms with van der Waals surface area (Å²) in [5, 5.41) is 5.39. The van der Waals surface area contributed by atoms with Gasteiger partial charge in [0, 0.05) is 31.2 Å². The number of primary amides is 1. The number of carbonyl (C=O) groups excluding carboxylic acids is 2. The third-order valence-electron chi connectivity index (χ3n) is 5.63. The number of nitrogens with zero attached hydrogens (tertiary/aromatic N) is 1. The van der Waals surface area contributed by atoms with E-state index in [4.69, 9.17) is 5.73 Å². The number of anilines is 1. The molecule has 0 aliphatic carbocycles. The van der Waals surface area contributed by atoms with Crippen molar-refractivity contribution in [2.24, 2.45) is 11.7 Å². The van der Waals surface area contributed by atoms with Gasteiger partial charge >= 0.3 is 6.03 Å². The number of rotatable bonds is 6. The first-order valence-corrected chi connectivity index (χ1v) is 11.6. The van der Waals surface area contributed by atoms with Crippen molar-refractivity contribution in [2.75, 3.05) is 18.4 Å². The van der Waals surface area contributed by atoms with Gasteiger partial charge in [0.15, 0.2) is 0 Å². The van der Waals surface area contributed by atoms with Crippen LogP contribution in [0.15, 0.2) is 47.4 Å². The van der Waals surface area contributed by atoms with Crippen LogP contribution in [-0.2, 0) is 21.4 Å². The molecule has 1 saturated heterocycles. The molecule has 0 atom stereocenters. The van der Waals surface area contributed by atoms with E-state index in [1.165, 1.54) is 4.31 Å². The molecule has 0 saturated carbocycles. The Kier molecular flexibility index (Phi) is 6.97. The third kappa shape index (κ3) is 5.62. The van der Waals surface area contributed by atoms with E-state index in [2.05, 4.69) is 10.6 Å². The summed E-state index contributed by atoms with van der Waals surface area (Å²) in [6, 6.07) is 11.5. The van der Waals surface area contributed by atoms with Gasteiger partial charge in [0.25, 0.3) is 0 Å². The Morgan fingerprint density at radius 3 is 2.26 bits per heavy atom. The fourth-order valence-corrected chi connectivity index (χ4v) is 5.12. The maximum Gasteiger partial charge on any atom is 0.316 e. The van der Waals surface area contributed by atoms with Gasteiger partial charge < -0.3 is 16.4 Å². The molecule has 3 rings (SSSR count). The van der Waals surface area contributed by atoms with Gasteiger partial charge in [-0.05, 0) is 67.6 Å². The van der Waals surface area contributed by atoms with Gasteiger partial charge in [-0.2, -0.15) is 4.31 Å². The highest BCUT2D eigenvalue weighted by atomic mass is 32.2. The molecule has 4 N–H and O–H groups in total. The second kappa shape index (κ2) is 9.49. The van der Waals surface area contributed by atoms with Crippen molar-refractivity contribution in [3.05, 3.63) is 59.2 Å². The Balaban J connectivity index is 1.52. The maximum atomic E-state index is 12.9. The van der Waals surface area contributed by atoms with Gasteiger partial charge in [0.1, 0.15) is 0 Å². The summed E-state index contributed by atoms with van der Waals surface area (Å²) in [4.78, 5) is 23.7. The van der Waals surface area contributed by atoms with E-state index in [1.807, 2.05) is 19.9 Å². The van der Waals surface area contributed by atoms with Crippen LogP contribution in [0.3, 0.4) is 0 Å². The standard InChI is InChI=1S/C22H28N4O4S/c1-15-3-8-20(13-16(15)2)31(29,30)26-11-9-18(10-12-26)21(27)24-14-17-4-6-19(7-5-17)25-22(23)28/h3-8,13,18H,9-12,14H2,1-2H3,(H,24,27)(H3,23,25,28). The molecule has 9 heteroatoms. The number of benzene rings is 2. The minimum absolute atomic E-state index is 0.0810. The number of urea groups is 1. The summed E-state index contributed by atoms with van der Waals surface area (Å²) < 4.78 is 27.3. The molecule has 2 aromatic rings. The van der Waals surface area contributed by atoms with Gasteiger partial charge in [-0.1, -0.05) is 18.2 Å². The van der Waals surface area contributed by atoms with Crippen LogP contribution in [-0.4, -0.2) is 37.8 Å². The zero-order valence-electron chi connectivity index (χ0n) is 17.7. The number of hydrogen-bond donors (Lipinski definition) is 3. The van der Waals surface area contributed by atoms with E-state index in [0.29, 0.717) is 43.1 Å². The van der Waals surface area contributed by atoms with Crippen LogP contribution in [0.4, 0.5) is 10.5 Å². The molecule has 1 aliphatic rings. The molecule has 0 unspecified atom stereocenters. The second-order valence-electron chi connectivity index (χ2n) is 7.83. The number of hydrogen-bond acceptors (Lipinski definition) is 4. The van der Waals surface area contributed by atoms with Crippen LogP contribution < -0.4 is 16.4 Å². The third-order valence-corrected chi connectivity index (χ3v) is 7.52. The molecule has 31 heavy (non-hydrogen) atoms. The minimum Gasteiger partial charge on any atom is -0.352 e. The number of aryl methyl sites for hydroxylation is 2. The summed E-state index contributed by atoms with van der Waals surface area (Å²) in [6.45, 7) is 4.84. The molecule has 1 heterocycles. The fraction of sp³-hybridized carbons (Fsp3) is 0.364. The molecule has 0 spiro atoms. The summed E-state index contributed by atoms with van der Waals surface area (Å²) in [6.07, 6.45) is 0.967. The molecule has 3 amide bonds. The lowest BCUT2D eigenvalue weighted by atomic mass is 9.97. The molecule has 1 aliphatic heterocycles. The first kappa shape index (κ1) is 22.8. The average Bonchev–Trinajstić information content (AvgIpc) is 2.74. The lowest BCUT2D eigenvalue weighted by Crippen LogP contribution is -2.42. The van der Waals surface area contributed by atoms with Gasteiger partial charge in [0.05, 0.1) is 4.90 Å². The van der Waals surface area contributed by atoms with E-state index in [0.717, 1.165) is 16.7 Å². The summed E-state index contributed by atoms with van der Waals surface area (Å²) in [7, 11) is -3.56. The number of piperidine rings is 1. The van der Waals surface area contributed by atoms with E-state index >= 15 is 0 Å². The van der Waals surface area contributed by atoms with E-state index in [-0.39, 0.29) is 11.8 Å². The summed E-state index contributed by atoms with van der Waals surface area (Å²) in [5.74, 6) is -0.301. The topological polar surface area (TPSA) is 122 Å². The van der Waals surface area contributed by atoms with E-state index in [1.54, 1.807) is 36.4 Å². The molecular weight excluding hydrogens is 416 g/mol. The smallest absolute Gasteiger partial charge is 0.316 e. The molecule has 0 radical (unpaired) electrons. The molecule has 2 aromatic carbocycles. The van der Waals surface area contributed by atoms with Gasteiger partial charge in [-0.15, -0.1) is 0 Å². The zero-order valence-corrected chi connectivity index (χ0v) is 18.5. The van der Waals surface area contributed by atoms with Crippen LogP contribution in [0.2, 0.25) is 0 Å². The van der Waals surface area contributed by atoms with Crippen molar-refractivity contribution in [3.63, 3.8) is 0 Å². The van der Waals surface area contributed by atoms with Crippen LogP contribution >= 0.6 is 0 Å². The number of nitrogens with one attached hydrogen (secondary N) is 2. The molecule has 1 fully saturated rings. The van der Waals surface area contributed by atoms with Crippen molar-refractivity contribution < 1.29 is 18.0 Å². The monoisotopic (exact) mass is 444 g/mol. The van der Waals surface area contributed by atoms with Gasteiger partial charge in [0.2, 0.25) is 15.9 Å². The highest BCUT2D eigenvalue weighted by Gasteiger charge is 2.32. The Morgan fingerprint density at radius 1 is 1.03 bits per heavy atom. The van der Waals surface area contributed by atoms with Crippen molar-refractivity contribution >= 4 is 27.6 Å². The average molecular weight is 445 g/mol. The highest BCUT2D eigenvalue weighted by Crippen LogP contribution is 2.25. The number of sulfonamides is 1. The van der Waals surface area contributed by atoms with Crippen molar-refractivity contribution in [2.45, 2.75) is 38.1 Å². The number of nitrogens with two attached hydrogens (primary N) is 1. The summed E-state index contributed by atoms with van der Waals surface area (Å²) >= 11 is 0. The Bertz CT molecular complexity index is 1060. The first-order valence-electron chi connectivity index (χ1n) is 10.2. The van der Waals surface area contributed by atoms with Crippen molar-refractivity contribution in [1.82, 2.24) is 9.62 Å². The minimum atomic E-state index is -3.56. The van der Waals surface area contributed by atoms with Crippen LogP contribution in [0.25, 0.3) is 0 Å². The summed E-state index contributed by atoms with van der Waals surface area (Å²) in [5.41, 5.74) is 8.54. The molecule has 0 aromatic heterocycles. The quantitative estimate of drug-likeness (QED) is 0.634.